The summed E-state index contributed by atoms with van der Waals surface area (Å²) in [5.74, 6) is 0.712. The maximum Gasteiger partial charge on any atom is 0.238 e. The van der Waals surface area contributed by atoms with E-state index in [1.165, 1.54) is 10.5 Å². The zero-order valence-electron chi connectivity index (χ0n) is 12.7. The molecule has 20 heavy (non-hydrogen) atoms. The van der Waals surface area contributed by atoms with Crippen LogP contribution < -0.4 is 5.32 Å². The van der Waals surface area contributed by atoms with Crippen LogP contribution in [-0.2, 0) is 4.79 Å². The molecule has 0 aliphatic carbocycles. The van der Waals surface area contributed by atoms with Crippen LogP contribution in [0, 0.1) is 5.92 Å². The predicted octanol–water partition coefficient (Wildman–Crippen LogP) is 3.27. The molecule has 0 aromatic heterocycles. The summed E-state index contributed by atoms with van der Waals surface area (Å²) in [6.07, 6.45) is 3.18. The quantitative estimate of drug-likeness (QED) is 0.845. The summed E-state index contributed by atoms with van der Waals surface area (Å²) < 4.78 is 0. The molecule has 1 amide bonds. The number of amides is 1. The van der Waals surface area contributed by atoms with Gasteiger partial charge in [-0.25, -0.2) is 0 Å². The molecule has 0 bridgehead atoms. The molecule has 3 atom stereocenters. The number of rotatable bonds is 5. The van der Waals surface area contributed by atoms with Crippen molar-refractivity contribution >= 4 is 17.7 Å². The minimum Gasteiger partial charge on any atom is -0.319 e. The Labute approximate surface area is 126 Å². The summed E-state index contributed by atoms with van der Waals surface area (Å²) in [6, 6.07) is 8.75. The Morgan fingerprint density at radius 1 is 1.35 bits per heavy atom. The van der Waals surface area contributed by atoms with E-state index in [0.29, 0.717) is 12.5 Å². The monoisotopic (exact) mass is 292 g/mol. The van der Waals surface area contributed by atoms with Crippen LogP contribution in [0.3, 0.4) is 0 Å². The molecular weight excluding hydrogens is 268 g/mol. The van der Waals surface area contributed by atoms with Crippen molar-refractivity contribution < 1.29 is 4.79 Å². The lowest BCUT2D eigenvalue weighted by molar-refractivity contribution is -0.131. The van der Waals surface area contributed by atoms with Gasteiger partial charge >= 0.3 is 0 Å². The number of nitrogens with zero attached hydrogens (tertiary/aromatic N) is 1. The van der Waals surface area contributed by atoms with Crippen molar-refractivity contribution in [2.24, 2.45) is 5.92 Å². The van der Waals surface area contributed by atoms with Crippen LogP contribution in [0.25, 0.3) is 0 Å². The van der Waals surface area contributed by atoms with E-state index >= 15 is 0 Å². The number of hydrogen-bond acceptors (Lipinski definition) is 3. The molecule has 2 rings (SSSR count). The molecule has 1 aliphatic heterocycles. The van der Waals surface area contributed by atoms with E-state index in [1.807, 2.05) is 4.90 Å². The Hall–Kier alpha value is -1.00. The minimum atomic E-state index is 0.0161. The Morgan fingerprint density at radius 3 is 2.55 bits per heavy atom. The highest BCUT2D eigenvalue weighted by Gasteiger charge is 2.36. The molecule has 4 heteroatoms. The molecule has 1 aromatic carbocycles. The molecule has 3 unspecified atom stereocenters. The molecule has 0 saturated carbocycles. The van der Waals surface area contributed by atoms with Gasteiger partial charge in [0, 0.05) is 10.9 Å². The first kappa shape index (κ1) is 15.4. The van der Waals surface area contributed by atoms with E-state index in [1.54, 1.807) is 11.8 Å². The zero-order chi connectivity index (χ0) is 14.7. The fraction of sp³-hybridized carbons (Fsp3) is 0.562. The molecule has 1 aromatic rings. The summed E-state index contributed by atoms with van der Waals surface area (Å²) >= 11 is 1.74. The second kappa shape index (κ2) is 6.64. The lowest BCUT2D eigenvalue weighted by Gasteiger charge is -2.34. The number of benzene rings is 1. The van der Waals surface area contributed by atoms with Gasteiger partial charge in [0.15, 0.2) is 0 Å². The average molecular weight is 292 g/mol. The SMILES string of the molecule is CCC(C)C(C)N1C(=O)CNC1c1ccc(SC)cc1. The first-order chi connectivity index (χ1) is 9.58. The number of thioether (sulfide) groups is 1. The van der Waals surface area contributed by atoms with Gasteiger partial charge in [0.2, 0.25) is 5.91 Å². The van der Waals surface area contributed by atoms with Gasteiger partial charge in [-0.2, -0.15) is 0 Å². The van der Waals surface area contributed by atoms with Crippen LogP contribution in [0.15, 0.2) is 29.2 Å². The van der Waals surface area contributed by atoms with Gasteiger partial charge in [-0.3, -0.25) is 10.1 Å². The Balaban J connectivity index is 2.22. The number of hydrogen-bond donors (Lipinski definition) is 1. The van der Waals surface area contributed by atoms with Gasteiger partial charge in [-0.15, -0.1) is 11.8 Å². The average Bonchev–Trinajstić information content (AvgIpc) is 2.87. The van der Waals surface area contributed by atoms with Gasteiger partial charge in [0.25, 0.3) is 0 Å². The fourth-order valence-corrected chi connectivity index (χ4v) is 3.07. The Bertz CT molecular complexity index is 460. The largest absolute Gasteiger partial charge is 0.319 e. The third kappa shape index (κ3) is 3.01. The van der Waals surface area contributed by atoms with Crippen molar-refractivity contribution in [1.82, 2.24) is 10.2 Å². The minimum absolute atomic E-state index is 0.0161. The van der Waals surface area contributed by atoms with E-state index < -0.39 is 0 Å². The third-order valence-electron chi connectivity index (χ3n) is 4.35. The Morgan fingerprint density at radius 2 is 2.00 bits per heavy atom. The van der Waals surface area contributed by atoms with Crippen molar-refractivity contribution in [1.29, 1.82) is 0 Å². The maximum atomic E-state index is 12.2. The molecule has 1 fully saturated rings. The van der Waals surface area contributed by atoms with Crippen LogP contribution in [0.4, 0.5) is 0 Å². The summed E-state index contributed by atoms with van der Waals surface area (Å²) in [6.45, 7) is 6.99. The highest BCUT2D eigenvalue weighted by Crippen LogP contribution is 2.29. The van der Waals surface area contributed by atoms with Crippen molar-refractivity contribution in [2.75, 3.05) is 12.8 Å². The summed E-state index contributed by atoms with van der Waals surface area (Å²) in [5, 5.41) is 3.34. The molecular formula is C16H24N2OS. The Kier molecular flexibility index (Phi) is 5.11. The smallest absolute Gasteiger partial charge is 0.238 e. The van der Waals surface area contributed by atoms with Gasteiger partial charge in [0.1, 0.15) is 6.17 Å². The van der Waals surface area contributed by atoms with E-state index in [-0.39, 0.29) is 18.1 Å². The van der Waals surface area contributed by atoms with Crippen LogP contribution >= 0.6 is 11.8 Å². The predicted molar refractivity (Wildman–Crippen MR) is 84.7 cm³/mol. The first-order valence-corrected chi connectivity index (χ1v) is 8.49. The van der Waals surface area contributed by atoms with E-state index in [4.69, 9.17) is 0 Å². The van der Waals surface area contributed by atoms with Crippen molar-refractivity contribution in [3.63, 3.8) is 0 Å². The standard InChI is InChI=1S/C16H24N2OS/c1-5-11(2)12(3)18-15(19)10-17-16(18)13-6-8-14(20-4)9-7-13/h6-9,11-12,16-17H,5,10H2,1-4H3. The zero-order valence-corrected chi connectivity index (χ0v) is 13.5. The molecule has 1 aliphatic rings. The fourth-order valence-electron chi connectivity index (χ4n) is 2.66. The van der Waals surface area contributed by atoms with Crippen molar-refractivity contribution in [3.8, 4) is 0 Å². The topological polar surface area (TPSA) is 32.3 Å². The van der Waals surface area contributed by atoms with Gasteiger partial charge < -0.3 is 4.90 Å². The number of carbonyl (C=O) groups is 1. The number of nitrogens with one attached hydrogen (secondary N) is 1. The lowest BCUT2D eigenvalue weighted by atomic mass is 9.98. The molecule has 1 N–H and O–H groups in total. The normalized spacial score (nSPS) is 22.1. The molecule has 0 spiro atoms. The highest BCUT2D eigenvalue weighted by molar-refractivity contribution is 7.98. The molecule has 0 radical (unpaired) electrons. The van der Waals surface area contributed by atoms with Crippen molar-refractivity contribution in [2.45, 2.75) is 44.3 Å². The van der Waals surface area contributed by atoms with Crippen LogP contribution in [0.2, 0.25) is 0 Å². The van der Waals surface area contributed by atoms with E-state index in [0.717, 1.165) is 6.42 Å². The van der Waals surface area contributed by atoms with Crippen LogP contribution in [0.5, 0.6) is 0 Å². The summed E-state index contributed by atoms with van der Waals surface area (Å²) in [4.78, 5) is 15.5. The molecule has 3 nitrogen and oxygen atoms in total. The van der Waals surface area contributed by atoms with Gasteiger partial charge in [0.05, 0.1) is 6.54 Å². The maximum absolute atomic E-state index is 12.2. The molecule has 1 saturated heterocycles. The second-order valence-corrected chi connectivity index (χ2v) is 6.36. The summed E-state index contributed by atoms with van der Waals surface area (Å²) in [5.41, 5.74) is 1.17. The van der Waals surface area contributed by atoms with Gasteiger partial charge in [-0.1, -0.05) is 32.4 Å². The first-order valence-electron chi connectivity index (χ1n) is 7.27. The van der Waals surface area contributed by atoms with Crippen LogP contribution in [-0.4, -0.2) is 29.6 Å². The van der Waals surface area contributed by atoms with Gasteiger partial charge in [-0.05, 0) is 36.8 Å². The summed E-state index contributed by atoms with van der Waals surface area (Å²) in [7, 11) is 0. The number of carbonyl (C=O) groups excluding carboxylic acids is 1. The van der Waals surface area contributed by atoms with E-state index in [2.05, 4.69) is 56.6 Å². The molecule has 1 heterocycles. The van der Waals surface area contributed by atoms with Crippen LogP contribution in [0.1, 0.15) is 38.9 Å². The highest BCUT2D eigenvalue weighted by atomic mass is 32.2. The molecule has 110 valence electrons. The van der Waals surface area contributed by atoms with Crippen molar-refractivity contribution in [3.05, 3.63) is 29.8 Å². The third-order valence-corrected chi connectivity index (χ3v) is 5.09. The lowest BCUT2D eigenvalue weighted by Crippen LogP contribution is -2.41. The van der Waals surface area contributed by atoms with E-state index in [9.17, 15) is 4.79 Å². The second-order valence-electron chi connectivity index (χ2n) is 5.48.